The molecule has 0 atom stereocenters. The van der Waals surface area contributed by atoms with Crippen LogP contribution in [0, 0.1) is 20.8 Å². The highest BCUT2D eigenvalue weighted by Crippen LogP contribution is 2.26. The Morgan fingerprint density at radius 1 is 0.885 bits per heavy atom. The highest BCUT2D eigenvalue weighted by Gasteiger charge is 2.09. The van der Waals surface area contributed by atoms with Crippen molar-refractivity contribution in [3.05, 3.63) is 65.7 Å². The van der Waals surface area contributed by atoms with E-state index in [2.05, 4.69) is 51.6 Å². The quantitative estimate of drug-likeness (QED) is 0.540. The van der Waals surface area contributed by atoms with E-state index in [1.54, 1.807) is 6.20 Å². The van der Waals surface area contributed by atoms with Crippen LogP contribution in [-0.2, 0) is 0 Å². The third kappa shape index (κ3) is 3.09. The number of nitrogens with one attached hydrogen (secondary N) is 2. The first-order chi connectivity index (χ1) is 12.6. The Labute approximate surface area is 151 Å². The second-order valence-corrected chi connectivity index (χ2v) is 6.28. The molecule has 6 nitrogen and oxygen atoms in total. The minimum atomic E-state index is 0.554. The molecular weight excluding hydrogens is 326 g/mol. The summed E-state index contributed by atoms with van der Waals surface area (Å²) in [6.07, 6.45) is 3.25. The number of para-hydroxylation sites is 1. The molecule has 2 N–H and O–H groups in total. The summed E-state index contributed by atoms with van der Waals surface area (Å²) in [7, 11) is 0. The van der Waals surface area contributed by atoms with Gasteiger partial charge in [-0.1, -0.05) is 18.2 Å². The van der Waals surface area contributed by atoms with Crippen molar-refractivity contribution in [2.45, 2.75) is 20.8 Å². The molecule has 4 aromatic rings. The second kappa shape index (κ2) is 6.48. The lowest BCUT2D eigenvalue weighted by Gasteiger charge is -2.13. The molecule has 0 fully saturated rings. The van der Waals surface area contributed by atoms with Crippen molar-refractivity contribution in [2.75, 3.05) is 10.6 Å². The van der Waals surface area contributed by atoms with Crippen LogP contribution in [0.1, 0.15) is 16.7 Å². The van der Waals surface area contributed by atoms with Crippen molar-refractivity contribution in [3.63, 3.8) is 0 Å². The number of rotatable bonds is 4. The summed E-state index contributed by atoms with van der Waals surface area (Å²) in [5.41, 5.74) is 6.75. The second-order valence-electron chi connectivity index (χ2n) is 6.28. The third-order valence-electron chi connectivity index (χ3n) is 4.28. The zero-order valence-electron chi connectivity index (χ0n) is 14.9. The molecule has 2 heterocycles. The molecule has 0 aliphatic heterocycles. The Balaban J connectivity index is 1.63. The van der Waals surface area contributed by atoms with E-state index < -0.39 is 0 Å². The predicted octanol–water partition coefficient (Wildman–Crippen LogP) is 5.03. The number of aromatic nitrogens is 3. The first-order valence-electron chi connectivity index (χ1n) is 8.37. The summed E-state index contributed by atoms with van der Waals surface area (Å²) < 4.78 is 5.28. The first kappa shape index (κ1) is 16.1. The molecule has 26 heavy (non-hydrogen) atoms. The number of anilines is 4. The van der Waals surface area contributed by atoms with Crippen LogP contribution in [-0.4, -0.2) is 15.0 Å². The van der Waals surface area contributed by atoms with Crippen LogP contribution in [0.2, 0.25) is 0 Å². The van der Waals surface area contributed by atoms with Gasteiger partial charge in [-0.05, 0) is 50.1 Å². The molecule has 0 amide bonds. The molecule has 4 rings (SSSR count). The van der Waals surface area contributed by atoms with Gasteiger partial charge in [-0.15, -0.1) is 0 Å². The van der Waals surface area contributed by atoms with Gasteiger partial charge in [0.15, 0.2) is 12.0 Å². The number of oxazole rings is 1. The SMILES string of the molecule is Cc1cnc(Nc2c(C)cccc2C)nc1Nc1ccc2ocnc2c1. The molecule has 6 heteroatoms. The molecule has 0 aliphatic carbocycles. The highest BCUT2D eigenvalue weighted by atomic mass is 16.3. The molecule has 2 aromatic heterocycles. The van der Waals surface area contributed by atoms with Crippen molar-refractivity contribution in [3.8, 4) is 0 Å². The average molecular weight is 345 g/mol. The van der Waals surface area contributed by atoms with Crippen molar-refractivity contribution in [1.82, 2.24) is 15.0 Å². The fourth-order valence-electron chi connectivity index (χ4n) is 2.82. The van der Waals surface area contributed by atoms with E-state index in [1.165, 1.54) is 6.39 Å². The summed E-state index contributed by atoms with van der Waals surface area (Å²) in [5, 5.41) is 6.67. The standard InChI is InChI=1S/C20H19N5O/c1-12-5-4-6-13(2)18(12)24-20-21-10-14(3)19(25-20)23-15-7-8-17-16(9-15)22-11-26-17/h4-11H,1-3H3,(H2,21,23,24,25). The van der Waals surface area contributed by atoms with E-state index in [-0.39, 0.29) is 0 Å². The molecule has 0 spiro atoms. The van der Waals surface area contributed by atoms with Crippen LogP contribution in [0.5, 0.6) is 0 Å². The van der Waals surface area contributed by atoms with Crippen LogP contribution in [0.4, 0.5) is 23.1 Å². The smallest absolute Gasteiger partial charge is 0.229 e. The van der Waals surface area contributed by atoms with E-state index in [9.17, 15) is 0 Å². The van der Waals surface area contributed by atoms with Crippen LogP contribution in [0.3, 0.4) is 0 Å². The predicted molar refractivity (Wildman–Crippen MR) is 103 cm³/mol. The number of nitrogens with zero attached hydrogens (tertiary/aromatic N) is 3. The van der Waals surface area contributed by atoms with Gasteiger partial charge in [-0.25, -0.2) is 9.97 Å². The lowest BCUT2D eigenvalue weighted by atomic mass is 10.1. The fraction of sp³-hybridized carbons (Fsp3) is 0.150. The summed E-state index contributed by atoms with van der Waals surface area (Å²) in [6.45, 7) is 6.10. The minimum Gasteiger partial charge on any atom is -0.443 e. The van der Waals surface area contributed by atoms with E-state index >= 15 is 0 Å². The molecule has 2 aromatic carbocycles. The Kier molecular flexibility index (Phi) is 4.01. The highest BCUT2D eigenvalue weighted by molar-refractivity contribution is 5.78. The van der Waals surface area contributed by atoms with E-state index in [1.807, 2.05) is 31.2 Å². The summed E-state index contributed by atoms with van der Waals surface area (Å²) >= 11 is 0. The zero-order chi connectivity index (χ0) is 18.1. The number of fused-ring (bicyclic) bond motifs is 1. The van der Waals surface area contributed by atoms with Crippen molar-refractivity contribution in [2.24, 2.45) is 0 Å². The van der Waals surface area contributed by atoms with Gasteiger partial charge in [-0.2, -0.15) is 4.98 Å². The maximum absolute atomic E-state index is 5.28. The average Bonchev–Trinajstić information content (AvgIpc) is 3.09. The van der Waals surface area contributed by atoms with E-state index in [0.717, 1.165) is 45.0 Å². The molecule has 0 aliphatic rings. The number of benzene rings is 2. The van der Waals surface area contributed by atoms with E-state index in [0.29, 0.717) is 5.95 Å². The summed E-state index contributed by atoms with van der Waals surface area (Å²) in [5.74, 6) is 1.30. The Morgan fingerprint density at radius 2 is 1.69 bits per heavy atom. The lowest BCUT2D eigenvalue weighted by molar-refractivity contribution is 0.602. The van der Waals surface area contributed by atoms with Gasteiger partial charge >= 0.3 is 0 Å². The molecule has 0 radical (unpaired) electrons. The van der Waals surface area contributed by atoms with Gasteiger partial charge in [0.05, 0.1) is 0 Å². The van der Waals surface area contributed by atoms with Gasteiger partial charge in [-0.3, -0.25) is 0 Å². The molecule has 130 valence electrons. The summed E-state index contributed by atoms with van der Waals surface area (Å²) in [6, 6.07) is 11.9. The molecule has 0 unspecified atom stereocenters. The molecule has 0 saturated heterocycles. The van der Waals surface area contributed by atoms with Gasteiger partial charge < -0.3 is 15.1 Å². The molecule has 0 saturated carbocycles. The largest absolute Gasteiger partial charge is 0.443 e. The zero-order valence-corrected chi connectivity index (χ0v) is 14.9. The van der Waals surface area contributed by atoms with Crippen molar-refractivity contribution < 1.29 is 4.42 Å². The van der Waals surface area contributed by atoms with E-state index in [4.69, 9.17) is 4.42 Å². The van der Waals surface area contributed by atoms with Gasteiger partial charge in [0.2, 0.25) is 5.95 Å². The maximum Gasteiger partial charge on any atom is 0.229 e. The topological polar surface area (TPSA) is 75.9 Å². The van der Waals surface area contributed by atoms with Crippen LogP contribution < -0.4 is 10.6 Å². The maximum atomic E-state index is 5.28. The Hall–Kier alpha value is -3.41. The first-order valence-corrected chi connectivity index (χ1v) is 8.37. The number of hydrogen-bond acceptors (Lipinski definition) is 6. The minimum absolute atomic E-state index is 0.554. The molecule has 0 bridgehead atoms. The van der Waals surface area contributed by atoms with Gasteiger partial charge in [0, 0.05) is 23.1 Å². The van der Waals surface area contributed by atoms with Crippen LogP contribution in [0.15, 0.2) is 53.4 Å². The molecular formula is C20H19N5O. The lowest BCUT2D eigenvalue weighted by Crippen LogP contribution is -2.04. The van der Waals surface area contributed by atoms with Gasteiger partial charge in [0.1, 0.15) is 11.3 Å². The van der Waals surface area contributed by atoms with Crippen LogP contribution >= 0.6 is 0 Å². The monoisotopic (exact) mass is 345 g/mol. The van der Waals surface area contributed by atoms with Crippen LogP contribution in [0.25, 0.3) is 11.1 Å². The van der Waals surface area contributed by atoms with Gasteiger partial charge in [0.25, 0.3) is 0 Å². The van der Waals surface area contributed by atoms with Crippen molar-refractivity contribution in [1.29, 1.82) is 0 Å². The fourth-order valence-corrected chi connectivity index (χ4v) is 2.82. The number of hydrogen-bond donors (Lipinski definition) is 2. The summed E-state index contributed by atoms with van der Waals surface area (Å²) in [4.78, 5) is 13.2. The Bertz CT molecular complexity index is 1070. The Morgan fingerprint density at radius 3 is 2.50 bits per heavy atom. The normalized spacial score (nSPS) is 10.9. The third-order valence-corrected chi connectivity index (χ3v) is 4.28. The van der Waals surface area contributed by atoms with Crippen molar-refractivity contribution >= 4 is 34.2 Å². The number of aryl methyl sites for hydroxylation is 3.